The Labute approximate surface area is 117 Å². The Hall–Kier alpha value is -0.610. The van der Waals surface area contributed by atoms with Crippen molar-refractivity contribution in [2.24, 2.45) is 11.8 Å². The van der Waals surface area contributed by atoms with Crippen molar-refractivity contribution in [1.29, 1.82) is 0 Å². The predicted molar refractivity (Wildman–Crippen MR) is 78.1 cm³/mol. The highest BCUT2D eigenvalue weighted by atomic mass is 16.2. The molecule has 2 rings (SSSR count). The van der Waals surface area contributed by atoms with E-state index >= 15 is 0 Å². The van der Waals surface area contributed by atoms with Gasteiger partial charge in [0.05, 0.1) is 0 Å². The van der Waals surface area contributed by atoms with E-state index in [0.29, 0.717) is 11.8 Å². The van der Waals surface area contributed by atoms with Crippen LogP contribution in [0, 0.1) is 11.8 Å². The van der Waals surface area contributed by atoms with Crippen molar-refractivity contribution in [1.82, 2.24) is 15.1 Å². The maximum Gasteiger partial charge on any atom is 0.222 e. The van der Waals surface area contributed by atoms with E-state index in [1.807, 2.05) is 0 Å². The lowest BCUT2D eigenvalue weighted by Crippen LogP contribution is -2.49. The zero-order valence-electron chi connectivity index (χ0n) is 12.5. The number of nitrogens with one attached hydrogen (secondary N) is 1. The van der Waals surface area contributed by atoms with Crippen molar-refractivity contribution in [3.8, 4) is 0 Å². The van der Waals surface area contributed by atoms with Gasteiger partial charge in [0, 0.05) is 32.6 Å². The van der Waals surface area contributed by atoms with Crippen LogP contribution in [0.25, 0.3) is 0 Å². The van der Waals surface area contributed by atoms with E-state index in [9.17, 15) is 4.79 Å². The number of piperazine rings is 1. The van der Waals surface area contributed by atoms with Gasteiger partial charge in [-0.1, -0.05) is 13.8 Å². The number of amides is 1. The fraction of sp³-hybridized carbons (Fsp3) is 0.933. The molecule has 0 radical (unpaired) electrons. The number of carbonyl (C=O) groups excluding carboxylic acids is 1. The Morgan fingerprint density at radius 1 is 1.21 bits per heavy atom. The second kappa shape index (κ2) is 7.25. The first-order valence-electron chi connectivity index (χ1n) is 7.91. The van der Waals surface area contributed by atoms with Crippen molar-refractivity contribution in [3.05, 3.63) is 0 Å². The van der Waals surface area contributed by atoms with Crippen LogP contribution < -0.4 is 5.32 Å². The third-order valence-electron chi connectivity index (χ3n) is 4.86. The summed E-state index contributed by atoms with van der Waals surface area (Å²) >= 11 is 0. The Balaban J connectivity index is 1.74. The second-order valence-electron chi connectivity index (χ2n) is 6.08. The van der Waals surface area contributed by atoms with Crippen molar-refractivity contribution in [2.75, 3.05) is 45.8 Å². The first-order valence-corrected chi connectivity index (χ1v) is 7.91. The number of rotatable bonds is 4. The fourth-order valence-electron chi connectivity index (χ4n) is 3.30. The predicted octanol–water partition coefficient (Wildman–Crippen LogP) is 1.18. The molecule has 1 atom stereocenters. The minimum atomic E-state index is 0.377. The van der Waals surface area contributed by atoms with E-state index in [2.05, 4.69) is 29.0 Å². The summed E-state index contributed by atoms with van der Waals surface area (Å²) < 4.78 is 0. The van der Waals surface area contributed by atoms with Crippen LogP contribution >= 0.6 is 0 Å². The molecule has 4 heteroatoms. The third kappa shape index (κ3) is 4.18. The van der Waals surface area contributed by atoms with E-state index < -0.39 is 0 Å². The second-order valence-corrected chi connectivity index (χ2v) is 6.08. The summed E-state index contributed by atoms with van der Waals surface area (Å²) in [7, 11) is 0. The molecule has 0 aromatic rings. The standard InChI is InChI=1S/C15H29N3O/c1-3-17-8-10-18(11-9-17)15(19)12-13(2)14-4-6-16-7-5-14/h13-14,16H,3-12H2,1-2H3. The molecule has 1 N–H and O–H groups in total. The highest BCUT2D eigenvalue weighted by Crippen LogP contribution is 2.25. The molecule has 0 aromatic heterocycles. The quantitative estimate of drug-likeness (QED) is 0.831. The van der Waals surface area contributed by atoms with Gasteiger partial charge in [-0.05, 0) is 44.3 Å². The van der Waals surface area contributed by atoms with Crippen LogP contribution in [0.2, 0.25) is 0 Å². The van der Waals surface area contributed by atoms with Crippen LogP contribution in [0.1, 0.15) is 33.1 Å². The molecule has 0 saturated carbocycles. The smallest absolute Gasteiger partial charge is 0.222 e. The minimum Gasteiger partial charge on any atom is -0.340 e. The average Bonchev–Trinajstić information content (AvgIpc) is 2.48. The lowest BCUT2D eigenvalue weighted by atomic mass is 9.84. The van der Waals surface area contributed by atoms with Crippen molar-refractivity contribution in [3.63, 3.8) is 0 Å². The summed E-state index contributed by atoms with van der Waals surface area (Å²) in [6.45, 7) is 11.7. The van der Waals surface area contributed by atoms with Gasteiger partial charge in [0.1, 0.15) is 0 Å². The van der Waals surface area contributed by atoms with Crippen LogP contribution in [0.15, 0.2) is 0 Å². The summed E-state index contributed by atoms with van der Waals surface area (Å²) in [4.78, 5) is 16.8. The lowest BCUT2D eigenvalue weighted by Gasteiger charge is -2.35. The molecule has 110 valence electrons. The van der Waals surface area contributed by atoms with E-state index in [-0.39, 0.29) is 0 Å². The van der Waals surface area contributed by atoms with Gasteiger partial charge in [0.2, 0.25) is 5.91 Å². The monoisotopic (exact) mass is 267 g/mol. The molecule has 2 saturated heterocycles. The summed E-state index contributed by atoms with van der Waals surface area (Å²) in [5, 5.41) is 3.40. The maximum atomic E-state index is 12.3. The van der Waals surface area contributed by atoms with Gasteiger partial charge in [-0.15, -0.1) is 0 Å². The van der Waals surface area contributed by atoms with Gasteiger partial charge < -0.3 is 15.1 Å². The molecule has 2 fully saturated rings. The van der Waals surface area contributed by atoms with Gasteiger partial charge in [-0.3, -0.25) is 4.79 Å². The number of hydrogen-bond acceptors (Lipinski definition) is 3. The molecule has 0 aromatic carbocycles. The fourth-order valence-corrected chi connectivity index (χ4v) is 3.30. The Kier molecular flexibility index (Phi) is 5.64. The molecule has 2 aliphatic heterocycles. The van der Waals surface area contributed by atoms with Gasteiger partial charge in [-0.25, -0.2) is 0 Å². The molecule has 1 amide bonds. The summed E-state index contributed by atoms with van der Waals surface area (Å²) in [6, 6.07) is 0. The van der Waals surface area contributed by atoms with E-state index in [4.69, 9.17) is 0 Å². The Morgan fingerprint density at radius 2 is 1.84 bits per heavy atom. The summed E-state index contributed by atoms with van der Waals surface area (Å²) in [6.07, 6.45) is 3.22. The van der Waals surface area contributed by atoms with Crippen LogP contribution in [0.3, 0.4) is 0 Å². The van der Waals surface area contributed by atoms with Gasteiger partial charge >= 0.3 is 0 Å². The molecule has 0 bridgehead atoms. The van der Waals surface area contributed by atoms with Crippen molar-refractivity contribution >= 4 is 5.91 Å². The van der Waals surface area contributed by atoms with Gasteiger partial charge in [-0.2, -0.15) is 0 Å². The molecular formula is C15H29N3O. The molecule has 1 unspecified atom stereocenters. The zero-order chi connectivity index (χ0) is 13.7. The third-order valence-corrected chi connectivity index (χ3v) is 4.86. The molecule has 0 aliphatic carbocycles. The number of nitrogens with zero attached hydrogens (tertiary/aromatic N) is 2. The molecule has 4 nitrogen and oxygen atoms in total. The number of likely N-dealkylation sites (N-methyl/N-ethyl adjacent to an activating group) is 1. The first kappa shape index (κ1) is 14.8. The van der Waals surface area contributed by atoms with Crippen LogP contribution in [0.4, 0.5) is 0 Å². The van der Waals surface area contributed by atoms with E-state index in [1.165, 1.54) is 12.8 Å². The van der Waals surface area contributed by atoms with E-state index in [1.54, 1.807) is 0 Å². The highest BCUT2D eigenvalue weighted by molar-refractivity contribution is 5.76. The zero-order valence-corrected chi connectivity index (χ0v) is 12.5. The van der Waals surface area contributed by atoms with Crippen LogP contribution in [-0.4, -0.2) is 61.5 Å². The number of piperidine rings is 1. The first-order chi connectivity index (χ1) is 9.20. The summed E-state index contributed by atoms with van der Waals surface area (Å²) in [5.74, 6) is 1.66. The molecule has 0 spiro atoms. The largest absolute Gasteiger partial charge is 0.340 e. The molecule has 2 heterocycles. The lowest BCUT2D eigenvalue weighted by molar-refractivity contribution is -0.134. The molecule has 2 aliphatic rings. The normalized spacial score (nSPS) is 24.4. The minimum absolute atomic E-state index is 0.377. The topological polar surface area (TPSA) is 35.6 Å². The average molecular weight is 267 g/mol. The Bertz CT molecular complexity index is 281. The summed E-state index contributed by atoms with van der Waals surface area (Å²) in [5.41, 5.74) is 0. The SMILES string of the molecule is CCN1CCN(C(=O)CC(C)C2CCNCC2)CC1. The highest BCUT2D eigenvalue weighted by Gasteiger charge is 2.25. The van der Waals surface area contributed by atoms with Crippen molar-refractivity contribution < 1.29 is 4.79 Å². The van der Waals surface area contributed by atoms with E-state index in [0.717, 1.165) is 58.2 Å². The van der Waals surface area contributed by atoms with Crippen LogP contribution in [-0.2, 0) is 4.79 Å². The maximum absolute atomic E-state index is 12.3. The van der Waals surface area contributed by atoms with Crippen LogP contribution in [0.5, 0.6) is 0 Å². The molecule has 19 heavy (non-hydrogen) atoms. The van der Waals surface area contributed by atoms with Crippen molar-refractivity contribution in [2.45, 2.75) is 33.1 Å². The Morgan fingerprint density at radius 3 is 2.42 bits per heavy atom. The number of hydrogen-bond donors (Lipinski definition) is 1. The number of carbonyl (C=O) groups is 1. The molecular weight excluding hydrogens is 238 g/mol. The van der Waals surface area contributed by atoms with Gasteiger partial charge in [0.15, 0.2) is 0 Å². The van der Waals surface area contributed by atoms with Gasteiger partial charge in [0.25, 0.3) is 0 Å².